The molecular weight excluding hydrogens is 350 g/mol. The highest BCUT2D eigenvalue weighted by molar-refractivity contribution is 5.96. The summed E-state index contributed by atoms with van der Waals surface area (Å²) in [5.74, 6) is 0.0745. The van der Waals surface area contributed by atoms with E-state index in [0.717, 1.165) is 12.2 Å². The van der Waals surface area contributed by atoms with Crippen LogP contribution in [0.5, 0.6) is 0 Å². The second-order valence-electron chi connectivity index (χ2n) is 7.95. The Morgan fingerprint density at radius 1 is 1.00 bits per heavy atom. The Morgan fingerprint density at radius 3 is 2.54 bits per heavy atom. The fraction of sp³-hybridized carbons (Fsp3) is 0.304. The maximum absolute atomic E-state index is 12.7. The van der Waals surface area contributed by atoms with Crippen molar-refractivity contribution in [1.29, 1.82) is 0 Å². The molecule has 2 aliphatic heterocycles. The number of aryl methyl sites for hydroxylation is 1. The first-order valence-corrected chi connectivity index (χ1v) is 9.72. The summed E-state index contributed by atoms with van der Waals surface area (Å²) < 4.78 is 2.32. The lowest BCUT2D eigenvalue weighted by molar-refractivity contribution is -0.155. The van der Waals surface area contributed by atoms with E-state index in [1.165, 1.54) is 27.6 Å². The minimum atomic E-state index is -0.377. The molecule has 5 heteroatoms. The molecule has 1 fully saturated rings. The summed E-state index contributed by atoms with van der Waals surface area (Å²) in [4.78, 5) is 28.7. The number of para-hydroxylation sites is 1. The van der Waals surface area contributed by atoms with Crippen LogP contribution >= 0.6 is 0 Å². The van der Waals surface area contributed by atoms with Crippen molar-refractivity contribution in [3.8, 4) is 0 Å². The molecule has 142 valence electrons. The van der Waals surface area contributed by atoms with Gasteiger partial charge in [-0.15, -0.1) is 0 Å². The Labute approximate surface area is 164 Å². The lowest BCUT2D eigenvalue weighted by Crippen LogP contribution is -2.60. The van der Waals surface area contributed by atoms with Crippen LogP contribution in [0.15, 0.2) is 48.5 Å². The van der Waals surface area contributed by atoms with Gasteiger partial charge < -0.3 is 14.4 Å². The van der Waals surface area contributed by atoms with Crippen LogP contribution in [0, 0.1) is 6.92 Å². The number of carbonyl (C=O) groups is 2. The number of fused-ring (bicyclic) bond motifs is 4. The summed E-state index contributed by atoms with van der Waals surface area (Å²) in [6, 6.07) is 16.6. The first-order chi connectivity index (χ1) is 13.5. The van der Waals surface area contributed by atoms with Crippen molar-refractivity contribution in [2.45, 2.75) is 32.5 Å². The van der Waals surface area contributed by atoms with Crippen molar-refractivity contribution < 1.29 is 9.59 Å². The summed E-state index contributed by atoms with van der Waals surface area (Å²) >= 11 is 0. The number of nitrogens with zero attached hydrogens (tertiary/aromatic N) is 3. The molecule has 0 N–H and O–H groups in total. The molecule has 3 heterocycles. The molecule has 2 aliphatic rings. The second-order valence-corrected chi connectivity index (χ2v) is 7.95. The van der Waals surface area contributed by atoms with E-state index in [4.69, 9.17) is 0 Å². The van der Waals surface area contributed by atoms with Crippen LogP contribution < -0.4 is 0 Å². The number of likely N-dealkylation sites (N-methyl/N-ethyl adjacent to an activating group) is 1. The van der Waals surface area contributed by atoms with Gasteiger partial charge in [0, 0.05) is 36.6 Å². The highest BCUT2D eigenvalue weighted by Crippen LogP contribution is 2.35. The van der Waals surface area contributed by atoms with Gasteiger partial charge in [0.05, 0.1) is 13.1 Å². The molecule has 1 saturated heterocycles. The molecule has 0 saturated carbocycles. The molecule has 5 rings (SSSR count). The number of piperazine rings is 1. The standard InChI is InChI=1S/C23H23N3O2/c1-15-7-9-16(10-8-15)12-25-19-6-4-3-5-17(19)18-11-20-23(28)24(2)14-22(27)26(20)13-21(18)25/h3-10,20H,11-14H2,1-2H3. The van der Waals surface area contributed by atoms with Crippen LogP contribution in [0.1, 0.15) is 22.4 Å². The van der Waals surface area contributed by atoms with E-state index < -0.39 is 0 Å². The smallest absolute Gasteiger partial charge is 0.245 e. The highest BCUT2D eigenvalue weighted by Gasteiger charge is 2.42. The summed E-state index contributed by atoms with van der Waals surface area (Å²) in [6.07, 6.45) is 0.589. The Kier molecular flexibility index (Phi) is 3.79. The molecule has 0 spiro atoms. The van der Waals surface area contributed by atoms with Gasteiger partial charge >= 0.3 is 0 Å². The molecule has 1 atom stereocenters. The largest absolute Gasteiger partial charge is 0.338 e. The molecule has 0 bridgehead atoms. The highest BCUT2D eigenvalue weighted by atomic mass is 16.2. The van der Waals surface area contributed by atoms with E-state index in [2.05, 4.69) is 54.0 Å². The van der Waals surface area contributed by atoms with Gasteiger partial charge in [-0.2, -0.15) is 0 Å². The van der Waals surface area contributed by atoms with Gasteiger partial charge in [0.25, 0.3) is 0 Å². The average Bonchev–Trinajstić information content (AvgIpc) is 3.00. The zero-order chi connectivity index (χ0) is 19.4. The fourth-order valence-corrected chi connectivity index (χ4v) is 4.58. The van der Waals surface area contributed by atoms with Gasteiger partial charge in [-0.25, -0.2) is 0 Å². The number of amides is 2. The number of aromatic nitrogens is 1. The maximum Gasteiger partial charge on any atom is 0.245 e. The van der Waals surface area contributed by atoms with E-state index in [0.29, 0.717) is 13.0 Å². The lowest BCUT2D eigenvalue weighted by Gasteiger charge is -2.41. The van der Waals surface area contributed by atoms with Gasteiger partial charge in [-0.3, -0.25) is 9.59 Å². The predicted octanol–water partition coefficient (Wildman–Crippen LogP) is 2.72. The number of benzene rings is 2. The number of hydrogen-bond donors (Lipinski definition) is 0. The zero-order valence-electron chi connectivity index (χ0n) is 16.2. The molecule has 0 radical (unpaired) electrons. The van der Waals surface area contributed by atoms with Crippen molar-refractivity contribution in [3.05, 3.63) is 70.9 Å². The molecular formula is C23H23N3O2. The van der Waals surface area contributed by atoms with Crippen LogP contribution in [-0.4, -0.2) is 45.8 Å². The van der Waals surface area contributed by atoms with Gasteiger partial charge in [0.1, 0.15) is 6.04 Å². The average molecular weight is 373 g/mol. The maximum atomic E-state index is 12.7. The number of carbonyl (C=O) groups excluding carboxylic acids is 2. The van der Waals surface area contributed by atoms with Gasteiger partial charge in [0.15, 0.2) is 0 Å². The van der Waals surface area contributed by atoms with E-state index in [-0.39, 0.29) is 24.4 Å². The van der Waals surface area contributed by atoms with Crippen LogP contribution in [0.2, 0.25) is 0 Å². The van der Waals surface area contributed by atoms with E-state index in [9.17, 15) is 9.59 Å². The first-order valence-electron chi connectivity index (χ1n) is 9.72. The zero-order valence-corrected chi connectivity index (χ0v) is 16.2. The molecule has 28 heavy (non-hydrogen) atoms. The molecule has 2 aromatic carbocycles. The number of rotatable bonds is 2. The van der Waals surface area contributed by atoms with Gasteiger partial charge in [0.2, 0.25) is 11.8 Å². The second kappa shape index (κ2) is 6.23. The topological polar surface area (TPSA) is 45.6 Å². The molecule has 1 aromatic heterocycles. The van der Waals surface area contributed by atoms with Crippen LogP contribution in [-0.2, 0) is 29.1 Å². The van der Waals surface area contributed by atoms with Crippen molar-refractivity contribution in [3.63, 3.8) is 0 Å². The fourth-order valence-electron chi connectivity index (χ4n) is 4.58. The summed E-state index contributed by atoms with van der Waals surface area (Å²) in [7, 11) is 1.72. The minimum Gasteiger partial charge on any atom is -0.338 e. The van der Waals surface area contributed by atoms with Crippen LogP contribution in [0.3, 0.4) is 0 Å². The normalized spacial score (nSPS) is 19.1. The van der Waals surface area contributed by atoms with Crippen LogP contribution in [0.4, 0.5) is 0 Å². The summed E-state index contributed by atoms with van der Waals surface area (Å²) in [6.45, 7) is 3.52. The Hall–Kier alpha value is -3.08. The molecule has 5 nitrogen and oxygen atoms in total. The third-order valence-electron chi connectivity index (χ3n) is 6.10. The third kappa shape index (κ3) is 2.53. The Morgan fingerprint density at radius 2 is 1.75 bits per heavy atom. The van der Waals surface area contributed by atoms with Crippen molar-refractivity contribution in [2.24, 2.45) is 0 Å². The Balaban J connectivity index is 1.63. The molecule has 2 amide bonds. The van der Waals surface area contributed by atoms with E-state index >= 15 is 0 Å². The van der Waals surface area contributed by atoms with Crippen molar-refractivity contribution in [2.75, 3.05) is 13.6 Å². The monoisotopic (exact) mass is 373 g/mol. The summed E-state index contributed by atoms with van der Waals surface area (Å²) in [5, 5.41) is 1.19. The van der Waals surface area contributed by atoms with Crippen molar-refractivity contribution >= 4 is 22.7 Å². The van der Waals surface area contributed by atoms with Gasteiger partial charge in [-0.1, -0.05) is 48.0 Å². The van der Waals surface area contributed by atoms with E-state index in [1.54, 1.807) is 16.8 Å². The molecule has 3 aromatic rings. The quantitative estimate of drug-likeness (QED) is 0.693. The van der Waals surface area contributed by atoms with Crippen LogP contribution in [0.25, 0.3) is 10.9 Å². The molecule has 1 unspecified atom stereocenters. The third-order valence-corrected chi connectivity index (χ3v) is 6.10. The number of hydrogen-bond acceptors (Lipinski definition) is 2. The van der Waals surface area contributed by atoms with Gasteiger partial charge in [-0.05, 0) is 24.1 Å². The van der Waals surface area contributed by atoms with E-state index in [1.807, 2.05) is 6.07 Å². The Bertz CT molecular complexity index is 1100. The lowest BCUT2D eigenvalue weighted by atomic mass is 9.94. The minimum absolute atomic E-state index is 0.0323. The SMILES string of the molecule is Cc1ccc(Cn2c3c(c4ccccc42)CC2C(=O)N(C)CC(=O)N2C3)cc1. The first kappa shape index (κ1) is 17.0. The molecule has 0 aliphatic carbocycles. The summed E-state index contributed by atoms with van der Waals surface area (Å²) in [5.41, 5.74) is 6.01. The predicted molar refractivity (Wildman–Crippen MR) is 108 cm³/mol. The van der Waals surface area contributed by atoms with Crippen molar-refractivity contribution in [1.82, 2.24) is 14.4 Å².